The third kappa shape index (κ3) is 4.88. The van der Waals surface area contributed by atoms with Crippen molar-refractivity contribution in [3.8, 4) is 11.8 Å². The van der Waals surface area contributed by atoms with E-state index in [4.69, 9.17) is 26.8 Å². The fourth-order valence-corrected chi connectivity index (χ4v) is 4.91. The number of methoxy groups -OCH3 is 2. The molecule has 31 heavy (non-hydrogen) atoms. The van der Waals surface area contributed by atoms with Crippen LogP contribution in [-0.4, -0.2) is 64.7 Å². The van der Waals surface area contributed by atoms with Crippen LogP contribution in [0.3, 0.4) is 0 Å². The maximum atomic E-state index is 12.8. The van der Waals surface area contributed by atoms with Crippen LogP contribution in [0.15, 0.2) is 6.07 Å². The molecule has 1 atom stereocenters. The predicted octanol–water partition coefficient (Wildman–Crippen LogP) is 1.59. The zero-order valence-electron chi connectivity index (χ0n) is 16.6. The second kappa shape index (κ2) is 8.44. The summed E-state index contributed by atoms with van der Waals surface area (Å²) in [4.78, 5) is 8.24. The highest BCUT2D eigenvalue weighted by Crippen LogP contribution is 2.39. The average Bonchev–Trinajstić information content (AvgIpc) is 2.61. The number of rotatable bonds is 7. The van der Waals surface area contributed by atoms with Crippen LogP contribution < -0.4 is 19.5 Å². The lowest BCUT2D eigenvalue weighted by molar-refractivity contribution is -0.0436. The molecule has 0 saturated heterocycles. The minimum absolute atomic E-state index is 0.00257. The Morgan fingerprint density at radius 3 is 2.13 bits per heavy atom. The highest BCUT2D eigenvalue weighted by atomic mass is 35.5. The summed E-state index contributed by atoms with van der Waals surface area (Å²) in [6.45, 7) is 1.36. The number of nitrogens with two attached hydrogens (primary N) is 1. The first kappa shape index (κ1) is 25.2. The van der Waals surface area contributed by atoms with Gasteiger partial charge in [0.2, 0.25) is 10.0 Å². The molecule has 0 spiro atoms. The van der Waals surface area contributed by atoms with E-state index in [0.29, 0.717) is 10.6 Å². The molecule has 0 aliphatic heterocycles. The van der Waals surface area contributed by atoms with E-state index in [0.717, 1.165) is 0 Å². The number of sulfonamides is 1. The molecule has 0 radical (unpaired) electrons. The quantitative estimate of drug-likeness (QED) is 0.554. The van der Waals surface area contributed by atoms with E-state index in [1.54, 1.807) is 0 Å². The van der Waals surface area contributed by atoms with E-state index in [1.807, 2.05) is 0 Å². The molecular weight excluding hydrogens is 489 g/mol. The van der Waals surface area contributed by atoms with Gasteiger partial charge in [-0.2, -0.15) is 13.2 Å². The molecule has 2 aromatic rings. The van der Waals surface area contributed by atoms with E-state index >= 15 is 0 Å². The van der Waals surface area contributed by atoms with Gasteiger partial charge in [-0.05, 0) is 18.6 Å². The first-order chi connectivity index (χ1) is 14.0. The lowest BCUT2D eigenvalue weighted by Gasteiger charge is -2.31. The molecule has 1 unspecified atom stereocenters. The average molecular weight is 507 g/mol. The topological polar surface area (TPSA) is 142 Å². The molecule has 174 valence electrons. The zero-order valence-corrected chi connectivity index (χ0v) is 18.9. The number of ether oxygens (including phenoxy) is 2. The summed E-state index contributed by atoms with van der Waals surface area (Å²) in [5.74, 6) is -1.98. The van der Waals surface area contributed by atoms with Crippen LogP contribution in [0.2, 0.25) is 5.02 Å². The molecule has 10 nitrogen and oxygen atoms in total. The third-order valence-corrected chi connectivity index (χ3v) is 7.12. The van der Waals surface area contributed by atoms with Crippen molar-refractivity contribution >= 4 is 48.2 Å². The molecule has 0 amide bonds. The number of hydrogen-bond donors (Lipinski definition) is 1. The van der Waals surface area contributed by atoms with Crippen LogP contribution >= 0.6 is 11.6 Å². The van der Waals surface area contributed by atoms with Crippen molar-refractivity contribution < 1.29 is 39.5 Å². The van der Waals surface area contributed by atoms with E-state index in [9.17, 15) is 30.0 Å². The van der Waals surface area contributed by atoms with Gasteiger partial charge in [0.05, 0.1) is 37.4 Å². The predicted molar refractivity (Wildman–Crippen MR) is 108 cm³/mol. The summed E-state index contributed by atoms with van der Waals surface area (Å²) in [6, 6.07) is 1.32. The highest BCUT2D eigenvalue weighted by Gasteiger charge is 2.48. The Labute approximate surface area is 181 Å². The second-order valence-electron chi connectivity index (χ2n) is 6.30. The Hall–Kier alpha value is -2.10. The monoisotopic (exact) mass is 506 g/mol. The minimum Gasteiger partial charge on any atom is -0.477 e. The van der Waals surface area contributed by atoms with E-state index in [1.165, 1.54) is 27.2 Å². The molecule has 0 aliphatic carbocycles. The van der Waals surface area contributed by atoms with Gasteiger partial charge in [-0.3, -0.25) is 4.31 Å². The third-order valence-electron chi connectivity index (χ3n) is 4.07. The zero-order chi connectivity index (χ0) is 23.9. The Bertz CT molecular complexity index is 1220. The van der Waals surface area contributed by atoms with Gasteiger partial charge in [0.25, 0.3) is 21.6 Å². The molecule has 0 aliphatic rings. The normalized spacial score (nSPS) is 13.8. The SMILES string of the molecule is COc1nc2cc(Cl)c(C)c(N(C(N)CS(=O)(=O)C(F)(F)F)S(C)(=O)=O)c2nc1OC. The molecule has 1 heterocycles. The van der Waals surface area contributed by atoms with Gasteiger partial charge in [-0.15, -0.1) is 0 Å². The summed E-state index contributed by atoms with van der Waals surface area (Å²) in [5.41, 5.74) is -0.401. The standard InChI is InChI=1S/C15H18ClF3N4O6S2/c1-7-8(16)5-9-11(22-14(29-3)13(21-9)28-2)12(7)23(30(4,24)25)10(20)6-31(26,27)15(17,18)19/h5,10H,6,20H2,1-4H3. The Morgan fingerprint density at radius 2 is 1.68 bits per heavy atom. The number of sulfone groups is 1. The van der Waals surface area contributed by atoms with Gasteiger partial charge in [-0.25, -0.2) is 26.8 Å². The lowest BCUT2D eigenvalue weighted by atomic mass is 10.1. The van der Waals surface area contributed by atoms with Gasteiger partial charge < -0.3 is 15.2 Å². The Kier molecular flexibility index (Phi) is 6.85. The molecule has 1 aromatic heterocycles. The molecule has 2 N–H and O–H groups in total. The van der Waals surface area contributed by atoms with Gasteiger partial charge in [0, 0.05) is 5.02 Å². The molecule has 1 aromatic carbocycles. The van der Waals surface area contributed by atoms with Gasteiger partial charge in [-0.1, -0.05) is 11.6 Å². The summed E-state index contributed by atoms with van der Waals surface area (Å²) in [7, 11) is -7.67. The largest absolute Gasteiger partial charge is 0.497 e. The van der Waals surface area contributed by atoms with Gasteiger partial charge in [0.1, 0.15) is 11.7 Å². The van der Waals surface area contributed by atoms with Crippen molar-refractivity contribution in [3.63, 3.8) is 0 Å². The van der Waals surface area contributed by atoms with E-state index in [-0.39, 0.29) is 39.1 Å². The van der Waals surface area contributed by atoms with Crippen LogP contribution in [0, 0.1) is 6.92 Å². The second-order valence-corrected chi connectivity index (χ2v) is 10.6. The number of fused-ring (bicyclic) bond motifs is 1. The van der Waals surface area contributed by atoms with Crippen LogP contribution in [0.1, 0.15) is 5.56 Å². The fourth-order valence-electron chi connectivity index (χ4n) is 2.71. The molecule has 0 bridgehead atoms. The highest BCUT2D eigenvalue weighted by molar-refractivity contribution is 7.93. The number of nitrogens with zero attached hydrogens (tertiary/aromatic N) is 3. The van der Waals surface area contributed by atoms with E-state index < -0.39 is 37.3 Å². The first-order valence-corrected chi connectivity index (χ1v) is 12.1. The van der Waals surface area contributed by atoms with Crippen molar-refractivity contribution in [1.82, 2.24) is 9.97 Å². The maximum absolute atomic E-state index is 12.8. The number of anilines is 1. The van der Waals surface area contributed by atoms with Crippen molar-refractivity contribution in [1.29, 1.82) is 0 Å². The number of benzene rings is 1. The molecule has 2 rings (SSSR count). The Morgan fingerprint density at radius 1 is 1.16 bits per heavy atom. The van der Waals surface area contributed by atoms with E-state index in [2.05, 4.69) is 9.97 Å². The minimum atomic E-state index is -5.75. The van der Waals surface area contributed by atoms with Crippen molar-refractivity contribution in [2.75, 3.05) is 30.5 Å². The van der Waals surface area contributed by atoms with Gasteiger partial charge >= 0.3 is 5.51 Å². The number of hydrogen-bond acceptors (Lipinski definition) is 9. The summed E-state index contributed by atoms with van der Waals surface area (Å²) < 4.78 is 97.2. The number of aromatic nitrogens is 2. The number of alkyl halides is 3. The molecular formula is C15H18ClF3N4O6S2. The molecule has 0 fully saturated rings. The van der Waals surface area contributed by atoms with Crippen LogP contribution in [0.25, 0.3) is 11.0 Å². The lowest BCUT2D eigenvalue weighted by Crippen LogP contribution is -2.51. The van der Waals surface area contributed by atoms with Crippen molar-refractivity contribution in [2.45, 2.75) is 18.6 Å². The number of halogens is 4. The maximum Gasteiger partial charge on any atom is 0.497 e. The van der Waals surface area contributed by atoms with Crippen LogP contribution in [0.5, 0.6) is 11.8 Å². The van der Waals surface area contributed by atoms with Crippen molar-refractivity contribution in [2.24, 2.45) is 5.73 Å². The fraction of sp³-hybridized carbons (Fsp3) is 0.467. The van der Waals surface area contributed by atoms with Crippen LogP contribution in [-0.2, 0) is 19.9 Å². The molecule has 16 heteroatoms. The summed E-state index contributed by atoms with van der Waals surface area (Å²) >= 11 is 6.17. The van der Waals surface area contributed by atoms with Gasteiger partial charge in [0.15, 0.2) is 0 Å². The van der Waals surface area contributed by atoms with Crippen molar-refractivity contribution in [3.05, 3.63) is 16.7 Å². The first-order valence-electron chi connectivity index (χ1n) is 8.18. The molecule has 0 saturated carbocycles. The van der Waals surface area contributed by atoms with Crippen LogP contribution in [0.4, 0.5) is 18.9 Å². The smallest absolute Gasteiger partial charge is 0.477 e. The summed E-state index contributed by atoms with van der Waals surface area (Å²) in [5, 5.41) is -0.0245. The Balaban J connectivity index is 2.86. The summed E-state index contributed by atoms with van der Waals surface area (Å²) in [6.07, 6.45) is -1.51.